The SMILES string of the molecule is COC.COC.C[C]1[C](C)[C](C)[C](C)[C]1C.FC(F)(F)c1cc([B-](c2cc(C(F)(F)F)cc(C(F)(F)F)c2)(c2cc(C(F)(F)F)cc(C(F)(F)F)c2)c2cc(C(F)(F)F)cc(C(F)(F)F)c2)cc(C(F)(F)F)c1.[CH2-][Si](C)(C)C.[Cr+3]. The molecule has 0 aliphatic heterocycles. The molecule has 0 aromatic heterocycles. The number of hydrogen-bond acceptors (Lipinski definition) is 2. The summed E-state index contributed by atoms with van der Waals surface area (Å²) in [6, 6.07) is -8.81. The molecule has 79 heavy (non-hydrogen) atoms. The molecule has 1 aliphatic rings. The second-order valence-corrected chi connectivity index (χ2v) is 23.8. The molecule has 0 atom stereocenters. The predicted octanol–water partition coefficient (Wildman–Crippen LogP) is 16.4. The molecule has 4 aromatic carbocycles. The number of halogens is 24. The third kappa shape index (κ3) is 20.7. The third-order valence-electron chi connectivity index (χ3n) is 11.3. The number of alkyl halides is 24. The van der Waals surface area contributed by atoms with Gasteiger partial charge < -0.3 is 16.0 Å². The second kappa shape index (κ2) is 26.9. The Morgan fingerprint density at radius 3 is 0.456 bits per heavy atom. The first kappa shape index (κ1) is 74.9. The van der Waals surface area contributed by atoms with Gasteiger partial charge in [-0.25, -0.2) is 0 Å². The van der Waals surface area contributed by atoms with E-state index >= 15 is 0 Å². The van der Waals surface area contributed by atoms with Gasteiger partial charge in [-0.2, -0.15) is 127 Å². The first-order chi connectivity index (χ1) is 34.6. The van der Waals surface area contributed by atoms with Gasteiger partial charge in [-0.15, -0.1) is 8.07 Å². The van der Waals surface area contributed by atoms with Crippen LogP contribution in [0, 0.1) is 36.1 Å². The molecule has 442 valence electrons. The van der Waals surface area contributed by atoms with Crippen molar-refractivity contribution >= 4 is 36.1 Å². The summed E-state index contributed by atoms with van der Waals surface area (Å²) in [5.41, 5.74) is -30.2. The van der Waals surface area contributed by atoms with Crippen molar-refractivity contribution in [2.45, 2.75) is 104 Å². The number of benzene rings is 4. The molecule has 0 amide bonds. The van der Waals surface area contributed by atoms with Gasteiger partial charge in [-0.05, 0) is 53.9 Å². The molecule has 0 spiro atoms. The van der Waals surface area contributed by atoms with E-state index in [9.17, 15) is 105 Å². The van der Waals surface area contributed by atoms with E-state index in [-0.39, 0.29) is 17.4 Å². The van der Waals surface area contributed by atoms with E-state index in [1.165, 1.54) is 29.6 Å². The monoisotopic (exact) mass is 1230 g/mol. The molecule has 5 rings (SSSR count). The molecule has 0 saturated heterocycles. The minimum Gasteiger partial charge on any atom is -0.388 e. The van der Waals surface area contributed by atoms with Crippen molar-refractivity contribution in [3.05, 3.63) is 153 Å². The molecule has 0 bridgehead atoms. The Hall–Kier alpha value is -4.07. The Labute approximate surface area is 452 Å². The standard InChI is InChI=1S/C32H12BF24.C10H15.C4H11Si.2C2H6O.Cr/c34-25(35,36)13-1-14(26(37,38)39)6-21(5-13)33(22-7-15(27(40,41)42)2-16(8-22)28(43,44)45,23-9-17(29(46,47)48)3-18(10-23)30(49,50)51)24-11-19(31(52,53)54)4-20(12-24)32(55,56)57;1-6-7(2)9(4)10(5)8(6)3;1-5(2,3)4;2*1-3-2;/h1-12H;1-5H3;1H2,2-4H3;2*1-2H3;/q-1;;-1;;;+3. The van der Waals surface area contributed by atoms with Gasteiger partial charge in [0.2, 0.25) is 0 Å². The smallest absolute Gasteiger partial charge is 0.388 e. The van der Waals surface area contributed by atoms with Gasteiger partial charge >= 0.3 is 66.8 Å². The zero-order valence-corrected chi connectivity index (χ0v) is 45.8. The van der Waals surface area contributed by atoms with Crippen molar-refractivity contribution in [3.8, 4) is 0 Å². The first-order valence-electron chi connectivity index (χ1n) is 21.9. The molecule has 0 unspecified atom stereocenters. The van der Waals surface area contributed by atoms with Crippen LogP contribution in [-0.4, -0.2) is 42.7 Å². The van der Waals surface area contributed by atoms with Crippen LogP contribution in [0.25, 0.3) is 0 Å². The van der Waals surface area contributed by atoms with Crippen molar-refractivity contribution in [1.82, 2.24) is 0 Å². The largest absolute Gasteiger partial charge is 3.00 e. The number of ether oxygens (including phenoxy) is 2. The fourth-order valence-corrected chi connectivity index (χ4v) is 7.48. The zero-order chi connectivity index (χ0) is 61.7. The summed E-state index contributed by atoms with van der Waals surface area (Å²) >= 11 is 0. The molecule has 4 aromatic rings. The maximum Gasteiger partial charge on any atom is 3.00 e. The third-order valence-corrected chi connectivity index (χ3v) is 11.3. The van der Waals surface area contributed by atoms with Gasteiger partial charge in [0, 0.05) is 28.4 Å². The Balaban J connectivity index is 0.00000232. The second-order valence-electron chi connectivity index (χ2n) is 18.7. The van der Waals surface area contributed by atoms with Crippen molar-refractivity contribution in [3.63, 3.8) is 0 Å². The van der Waals surface area contributed by atoms with Crippen LogP contribution in [-0.2, 0) is 76.2 Å². The minimum atomic E-state index is -6.13. The average molecular weight is 1230 g/mol. The van der Waals surface area contributed by atoms with Crippen LogP contribution in [0.1, 0.15) is 79.1 Å². The summed E-state index contributed by atoms with van der Waals surface area (Å²) in [7, 11) is 5.64. The Morgan fingerprint density at radius 1 is 0.291 bits per heavy atom. The van der Waals surface area contributed by atoms with Crippen molar-refractivity contribution < 1.29 is 132 Å². The molecule has 2 nitrogen and oxygen atoms in total. The predicted molar refractivity (Wildman–Crippen MR) is 249 cm³/mol. The van der Waals surface area contributed by atoms with E-state index in [0.29, 0.717) is 0 Å². The van der Waals surface area contributed by atoms with Crippen LogP contribution in [0.3, 0.4) is 0 Å². The molecule has 0 N–H and O–H groups in total. The van der Waals surface area contributed by atoms with Gasteiger partial charge in [0.1, 0.15) is 6.15 Å². The van der Waals surface area contributed by atoms with E-state index in [4.69, 9.17) is 0 Å². The normalized spacial score (nSPS) is 15.2. The van der Waals surface area contributed by atoms with Crippen molar-refractivity contribution in [2.24, 2.45) is 0 Å². The molecular formula is C50H50BCrF24O2Si+. The van der Waals surface area contributed by atoms with E-state index < -0.39 is 203 Å². The molecule has 0 heterocycles. The molecule has 1 saturated carbocycles. The number of methoxy groups -OCH3 is 2. The summed E-state index contributed by atoms with van der Waals surface area (Å²) in [6.07, 6.45) is -54.8. The number of rotatable bonds is 4. The summed E-state index contributed by atoms with van der Waals surface area (Å²) in [6.45, 7) is 21.6. The van der Waals surface area contributed by atoms with Crippen molar-refractivity contribution in [2.75, 3.05) is 28.4 Å². The molecule has 6 radical (unpaired) electrons. The Bertz CT molecular complexity index is 2080. The van der Waals surface area contributed by atoms with Crippen molar-refractivity contribution in [1.29, 1.82) is 0 Å². The van der Waals surface area contributed by atoms with Gasteiger partial charge in [0.05, 0.1) is 44.5 Å². The summed E-state index contributed by atoms with van der Waals surface area (Å²) in [5, 5.41) is 0. The molecule has 1 fully saturated rings. The first-order valence-corrected chi connectivity index (χ1v) is 25.6. The summed E-state index contributed by atoms with van der Waals surface area (Å²) in [4.78, 5) is 0. The van der Waals surface area contributed by atoms with Crippen LogP contribution in [0.2, 0.25) is 19.6 Å². The van der Waals surface area contributed by atoms with Crippen LogP contribution in [0.15, 0.2) is 72.8 Å². The summed E-state index contributed by atoms with van der Waals surface area (Å²) < 4.78 is 349. The van der Waals surface area contributed by atoms with E-state index in [1.54, 1.807) is 28.4 Å². The van der Waals surface area contributed by atoms with Crippen LogP contribution in [0.4, 0.5) is 105 Å². The average Bonchev–Trinajstić information content (AvgIpc) is 3.41. The van der Waals surface area contributed by atoms with Crippen LogP contribution in [0.5, 0.6) is 0 Å². The number of hydrogen-bond donors (Lipinski definition) is 0. The molecule has 29 heteroatoms. The topological polar surface area (TPSA) is 18.5 Å². The van der Waals surface area contributed by atoms with Gasteiger partial charge in [0.15, 0.2) is 0 Å². The molecular weight excluding hydrogens is 1180 g/mol. The van der Waals surface area contributed by atoms with Gasteiger partial charge in [0.25, 0.3) is 0 Å². The fraction of sp³-hybridized carbons (Fsp3) is 0.400. The van der Waals surface area contributed by atoms with Gasteiger partial charge in [-0.1, -0.05) is 103 Å². The van der Waals surface area contributed by atoms with Crippen LogP contribution < -0.4 is 21.9 Å². The summed E-state index contributed by atoms with van der Waals surface area (Å²) in [5.74, 6) is 7.34. The fourth-order valence-electron chi connectivity index (χ4n) is 7.48. The quantitative estimate of drug-likeness (QED) is 0.115. The van der Waals surface area contributed by atoms with Gasteiger partial charge in [-0.3, -0.25) is 0 Å². The maximum absolute atomic E-state index is 14.2. The Kier molecular flexibility index (Phi) is 25.5. The zero-order valence-electron chi connectivity index (χ0n) is 43.5. The Morgan fingerprint density at radius 2 is 0.380 bits per heavy atom. The van der Waals surface area contributed by atoms with E-state index in [1.807, 2.05) is 0 Å². The van der Waals surface area contributed by atoms with Crippen LogP contribution >= 0.6 is 0 Å². The van der Waals surface area contributed by atoms with E-state index in [0.717, 1.165) is 0 Å². The minimum absolute atomic E-state index is 0. The van der Waals surface area contributed by atoms with E-state index in [2.05, 4.69) is 70.3 Å². The maximum atomic E-state index is 14.2. The molecule has 1 aliphatic carbocycles.